The fraction of sp³-hybridized carbons (Fsp3) is 0.846. The number of unbranched alkanes of at least 4 members (excludes halogenated alkanes) is 1. The van der Waals surface area contributed by atoms with Gasteiger partial charge in [-0.2, -0.15) is 0 Å². The third-order valence-corrected chi connectivity index (χ3v) is 3.03. The predicted octanol–water partition coefficient (Wildman–Crippen LogP) is 2.12. The molecule has 0 unspecified atom stereocenters. The maximum Gasteiger partial charge on any atom is 0.305 e. The van der Waals surface area contributed by atoms with E-state index in [4.69, 9.17) is 4.74 Å². The van der Waals surface area contributed by atoms with Crippen molar-refractivity contribution in [3.8, 4) is 0 Å². The molecule has 1 aliphatic heterocycles. The van der Waals surface area contributed by atoms with Crippen LogP contribution < -0.4 is 0 Å². The van der Waals surface area contributed by atoms with Crippen LogP contribution in [0.2, 0.25) is 0 Å². The van der Waals surface area contributed by atoms with E-state index in [2.05, 4.69) is 0 Å². The molecule has 1 amide bonds. The second kappa shape index (κ2) is 8.09. The summed E-state index contributed by atoms with van der Waals surface area (Å²) in [6, 6.07) is 0. The molecular weight excluding hydrogens is 218 g/mol. The molecule has 0 aromatic heterocycles. The number of carbonyl (C=O) groups excluding carboxylic acids is 2. The summed E-state index contributed by atoms with van der Waals surface area (Å²) in [5.74, 6) is 0.0567. The zero-order valence-corrected chi connectivity index (χ0v) is 10.7. The number of carbonyl (C=O) groups is 2. The molecule has 0 aromatic rings. The first-order valence-corrected chi connectivity index (χ1v) is 6.67. The van der Waals surface area contributed by atoms with Crippen LogP contribution in [-0.4, -0.2) is 36.5 Å². The molecule has 98 valence electrons. The largest absolute Gasteiger partial charge is 0.464 e. The smallest absolute Gasteiger partial charge is 0.305 e. The Hall–Kier alpha value is -1.06. The average Bonchev–Trinajstić information content (AvgIpc) is 2.52. The lowest BCUT2D eigenvalue weighted by molar-refractivity contribution is -0.145. The molecule has 0 atom stereocenters. The quantitative estimate of drug-likeness (QED) is 0.669. The van der Waals surface area contributed by atoms with Crippen LogP contribution in [-0.2, 0) is 14.3 Å². The van der Waals surface area contributed by atoms with Crippen LogP contribution in [0.5, 0.6) is 0 Å². The molecule has 17 heavy (non-hydrogen) atoms. The summed E-state index contributed by atoms with van der Waals surface area (Å²) in [7, 11) is 0. The Morgan fingerprint density at radius 3 is 2.94 bits per heavy atom. The van der Waals surface area contributed by atoms with Gasteiger partial charge >= 0.3 is 5.97 Å². The molecule has 1 rings (SSSR count). The molecule has 0 aromatic carbocycles. The third kappa shape index (κ3) is 5.71. The predicted molar refractivity (Wildman–Crippen MR) is 65.5 cm³/mol. The first kappa shape index (κ1) is 14.0. The minimum Gasteiger partial charge on any atom is -0.464 e. The van der Waals surface area contributed by atoms with E-state index in [1.807, 2.05) is 11.8 Å². The van der Waals surface area contributed by atoms with Crippen LogP contribution in [0.3, 0.4) is 0 Å². The first-order valence-electron chi connectivity index (χ1n) is 6.67. The van der Waals surface area contributed by atoms with Crippen molar-refractivity contribution in [3.63, 3.8) is 0 Å². The molecule has 0 aliphatic carbocycles. The number of rotatable bonds is 6. The molecule has 1 heterocycles. The maximum absolute atomic E-state index is 11.6. The minimum absolute atomic E-state index is 0.144. The zero-order chi connectivity index (χ0) is 12.5. The van der Waals surface area contributed by atoms with Crippen LogP contribution >= 0.6 is 0 Å². The van der Waals surface area contributed by atoms with Crippen molar-refractivity contribution in [2.45, 2.75) is 51.9 Å². The van der Waals surface area contributed by atoms with Crippen molar-refractivity contribution in [2.24, 2.45) is 0 Å². The Labute approximate surface area is 103 Å². The van der Waals surface area contributed by atoms with Gasteiger partial charge in [-0.1, -0.05) is 19.8 Å². The molecule has 1 fully saturated rings. The Kier molecular flexibility index (Phi) is 6.67. The summed E-state index contributed by atoms with van der Waals surface area (Å²) < 4.78 is 5.10. The average molecular weight is 241 g/mol. The van der Waals surface area contributed by atoms with Gasteiger partial charge in [-0.3, -0.25) is 9.59 Å². The normalized spacial score (nSPS) is 16.8. The van der Waals surface area contributed by atoms with Crippen molar-refractivity contribution in [2.75, 3.05) is 19.7 Å². The van der Waals surface area contributed by atoms with Gasteiger partial charge in [0.2, 0.25) is 5.91 Å². The van der Waals surface area contributed by atoms with Crippen molar-refractivity contribution in [1.82, 2.24) is 4.90 Å². The first-order chi connectivity index (χ1) is 8.24. The molecular formula is C13H23NO3. The van der Waals surface area contributed by atoms with Crippen molar-refractivity contribution in [1.29, 1.82) is 0 Å². The third-order valence-electron chi connectivity index (χ3n) is 3.03. The molecule has 4 nitrogen and oxygen atoms in total. The van der Waals surface area contributed by atoms with E-state index in [-0.39, 0.29) is 11.9 Å². The van der Waals surface area contributed by atoms with Gasteiger partial charge in [0.05, 0.1) is 6.54 Å². The summed E-state index contributed by atoms with van der Waals surface area (Å²) in [4.78, 5) is 24.7. The molecule has 1 saturated heterocycles. The molecule has 0 radical (unpaired) electrons. The number of nitrogens with zero attached hydrogens (tertiary/aromatic N) is 1. The van der Waals surface area contributed by atoms with Crippen LogP contribution in [0, 0.1) is 0 Å². The molecule has 4 heteroatoms. The van der Waals surface area contributed by atoms with Crippen LogP contribution in [0.25, 0.3) is 0 Å². The maximum atomic E-state index is 11.6. The highest BCUT2D eigenvalue weighted by atomic mass is 16.5. The fourth-order valence-corrected chi connectivity index (χ4v) is 1.94. The minimum atomic E-state index is -0.144. The van der Waals surface area contributed by atoms with E-state index in [0.717, 1.165) is 38.6 Å². The van der Waals surface area contributed by atoms with Crippen LogP contribution in [0.1, 0.15) is 51.9 Å². The Morgan fingerprint density at radius 1 is 1.35 bits per heavy atom. The summed E-state index contributed by atoms with van der Waals surface area (Å²) in [6.07, 6.45) is 6.19. The number of likely N-dealkylation sites (tertiary alicyclic amines) is 1. The Balaban J connectivity index is 2.16. The van der Waals surface area contributed by atoms with Gasteiger partial charge in [0.1, 0.15) is 6.61 Å². The molecule has 0 saturated carbocycles. The number of esters is 1. The Bertz CT molecular complexity index is 253. The molecule has 0 bridgehead atoms. The summed E-state index contributed by atoms with van der Waals surface area (Å²) in [5.41, 5.74) is 0. The second-order valence-corrected chi connectivity index (χ2v) is 4.52. The van der Waals surface area contributed by atoms with Gasteiger partial charge in [0.25, 0.3) is 0 Å². The zero-order valence-electron chi connectivity index (χ0n) is 10.7. The SMILES string of the molecule is CCCCC(=O)OCCN1CCCCCC1=O. The number of hydrogen-bond acceptors (Lipinski definition) is 3. The van der Waals surface area contributed by atoms with E-state index in [9.17, 15) is 9.59 Å². The lowest BCUT2D eigenvalue weighted by atomic mass is 10.2. The van der Waals surface area contributed by atoms with E-state index >= 15 is 0 Å². The molecule has 0 N–H and O–H groups in total. The number of hydrogen-bond donors (Lipinski definition) is 0. The summed E-state index contributed by atoms with van der Waals surface area (Å²) in [6.45, 7) is 3.75. The highest BCUT2D eigenvalue weighted by Crippen LogP contribution is 2.10. The van der Waals surface area contributed by atoms with E-state index in [0.29, 0.717) is 26.0 Å². The van der Waals surface area contributed by atoms with Gasteiger partial charge in [-0.15, -0.1) is 0 Å². The standard InChI is InChI=1S/C13H23NO3/c1-2-3-8-13(16)17-11-10-14-9-6-4-5-7-12(14)15/h2-11H2,1H3. The number of amides is 1. The monoisotopic (exact) mass is 241 g/mol. The highest BCUT2D eigenvalue weighted by Gasteiger charge is 2.16. The fourth-order valence-electron chi connectivity index (χ4n) is 1.94. The van der Waals surface area contributed by atoms with E-state index in [1.165, 1.54) is 0 Å². The van der Waals surface area contributed by atoms with E-state index in [1.54, 1.807) is 0 Å². The van der Waals surface area contributed by atoms with Gasteiger partial charge in [-0.05, 0) is 19.3 Å². The lowest BCUT2D eigenvalue weighted by Gasteiger charge is -2.20. The van der Waals surface area contributed by atoms with Crippen LogP contribution in [0.15, 0.2) is 0 Å². The van der Waals surface area contributed by atoms with Crippen LogP contribution in [0.4, 0.5) is 0 Å². The van der Waals surface area contributed by atoms with Gasteiger partial charge in [0, 0.05) is 19.4 Å². The van der Waals surface area contributed by atoms with Gasteiger partial charge < -0.3 is 9.64 Å². The highest BCUT2D eigenvalue weighted by molar-refractivity contribution is 5.76. The van der Waals surface area contributed by atoms with Gasteiger partial charge in [0.15, 0.2) is 0 Å². The Morgan fingerprint density at radius 2 is 2.18 bits per heavy atom. The van der Waals surface area contributed by atoms with E-state index < -0.39 is 0 Å². The van der Waals surface area contributed by atoms with Gasteiger partial charge in [-0.25, -0.2) is 0 Å². The molecule has 1 aliphatic rings. The summed E-state index contributed by atoms with van der Waals surface area (Å²) >= 11 is 0. The van der Waals surface area contributed by atoms with Crippen molar-refractivity contribution in [3.05, 3.63) is 0 Å². The number of ether oxygens (including phenoxy) is 1. The van der Waals surface area contributed by atoms with Crippen molar-refractivity contribution < 1.29 is 14.3 Å². The second-order valence-electron chi connectivity index (χ2n) is 4.52. The summed E-state index contributed by atoms with van der Waals surface area (Å²) in [5, 5.41) is 0. The topological polar surface area (TPSA) is 46.6 Å². The molecule has 0 spiro atoms. The lowest BCUT2D eigenvalue weighted by Crippen LogP contribution is -2.33. The van der Waals surface area contributed by atoms with Crippen molar-refractivity contribution >= 4 is 11.9 Å².